The van der Waals surface area contributed by atoms with E-state index in [1.54, 1.807) is 6.92 Å². The zero-order valence-corrected chi connectivity index (χ0v) is 8.86. The van der Waals surface area contributed by atoms with Crippen LogP contribution in [0, 0.1) is 5.41 Å². The van der Waals surface area contributed by atoms with Crippen molar-refractivity contribution < 1.29 is 8.62 Å². The van der Waals surface area contributed by atoms with Gasteiger partial charge in [0, 0.05) is 5.57 Å². The molecule has 11 heavy (non-hydrogen) atoms. The molecule has 0 heterocycles. The SMILES string of the molecule is CC(=CC(C)(C)C)C(=O)OBr. The molecule has 0 spiro atoms. The van der Waals surface area contributed by atoms with Crippen LogP contribution in [0.5, 0.6) is 0 Å². The number of allylic oxidation sites excluding steroid dienone is 1. The highest BCUT2D eigenvalue weighted by Crippen LogP contribution is 2.18. The van der Waals surface area contributed by atoms with Gasteiger partial charge in [-0.15, -0.1) is 0 Å². The van der Waals surface area contributed by atoms with Gasteiger partial charge in [-0.05, 0) is 12.3 Å². The average Bonchev–Trinajstić information content (AvgIpc) is 1.82. The Labute approximate surface area is 76.1 Å². The molecule has 0 aromatic rings. The summed E-state index contributed by atoms with van der Waals surface area (Å²) in [6, 6.07) is 0. The van der Waals surface area contributed by atoms with Crippen molar-refractivity contribution >= 4 is 22.2 Å². The Kier molecular flexibility index (Phi) is 3.79. The predicted molar refractivity (Wildman–Crippen MR) is 48.2 cm³/mol. The average molecular weight is 221 g/mol. The Hall–Kier alpha value is -0.310. The van der Waals surface area contributed by atoms with E-state index in [-0.39, 0.29) is 11.4 Å². The smallest absolute Gasteiger partial charge is 0.344 e. The molecule has 0 aliphatic rings. The van der Waals surface area contributed by atoms with Crippen molar-refractivity contribution in [2.75, 3.05) is 0 Å². The summed E-state index contributed by atoms with van der Waals surface area (Å²) < 4.78 is 4.36. The van der Waals surface area contributed by atoms with Gasteiger partial charge >= 0.3 is 5.97 Å². The lowest BCUT2D eigenvalue weighted by Gasteiger charge is -2.12. The van der Waals surface area contributed by atoms with Gasteiger partial charge in [0.1, 0.15) is 0 Å². The molecule has 0 saturated heterocycles. The Morgan fingerprint density at radius 3 is 2.18 bits per heavy atom. The maximum atomic E-state index is 10.9. The molecule has 64 valence electrons. The third-order valence-electron chi connectivity index (χ3n) is 1.04. The highest BCUT2D eigenvalue weighted by molar-refractivity contribution is 9.06. The molecule has 0 radical (unpaired) electrons. The van der Waals surface area contributed by atoms with Gasteiger partial charge in [-0.3, -0.25) is 0 Å². The summed E-state index contributed by atoms with van der Waals surface area (Å²) >= 11 is 2.63. The van der Waals surface area contributed by atoms with Crippen LogP contribution < -0.4 is 0 Å². The van der Waals surface area contributed by atoms with Crippen molar-refractivity contribution in [2.24, 2.45) is 5.41 Å². The van der Waals surface area contributed by atoms with Crippen LogP contribution in [0.25, 0.3) is 0 Å². The fourth-order valence-corrected chi connectivity index (χ4v) is 1.02. The van der Waals surface area contributed by atoms with E-state index in [2.05, 4.69) is 20.1 Å². The largest absolute Gasteiger partial charge is 0.380 e. The van der Waals surface area contributed by atoms with Gasteiger partial charge in [0.15, 0.2) is 16.3 Å². The second-order valence-electron chi connectivity index (χ2n) is 3.56. The third kappa shape index (κ3) is 5.01. The maximum absolute atomic E-state index is 10.9. The lowest BCUT2D eigenvalue weighted by molar-refractivity contribution is -0.128. The number of carbonyl (C=O) groups excluding carboxylic acids is 1. The van der Waals surface area contributed by atoms with E-state index in [1.165, 1.54) is 0 Å². The second-order valence-corrected chi connectivity index (χ2v) is 3.88. The van der Waals surface area contributed by atoms with Gasteiger partial charge in [0.25, 0.3) is 0 Å². The van der Waals surface area contributed by atoms with E-state index < -0.39 is 0 Å². The number of halogens is 1. The molecule has 3 heteroatoms. The Morgan fingerprint density at radius 1 is 1.45 bits per heavy atom. The third-order valence-corrected chi connectivity index (χ3v) is 1.34. The van der Waals surface area contributed by atoms with Crippen LogP contribution in [0.3, 0.4) is 0 Å². The van der Waals surface area contributed by atoms with Gasteiger partial charge in [-0.1, -0.05) is 26.8 Å². The van der Waals surface area contributed by atoms with Crippen LogP contribution in [-0.4, -0.2) is 5.97 Å². The molecule has 0 amide bonds. The van der Waals surface area contributed by atoms with Crippen molar-refractivity contribution in [3.8, 4) is 0 Å². The Balaban J connectivity index is 4.34. The molecule has 2 nitrogen and oxygen atoms in total. The highest BCUT2D eigenvalue weighted by atomic mass is 79.9. The second kappa shape index (κ2) is 3.90. The van der Waals surface area contributed by atoms with E-state index >= 15 is 0 Å². The minimum absolute atomic E-state index is 0.0191. The molecule has 0 aromatic carbocycles. The molecule has 0 aromatic heterocycles. The normalized spacial score (nSPS) is 13.0. The van der Waals surface area contributed by atoms with Gasteiger partial charge in [-0.25, -0.2) is 4.79 Å². The first-order valence-electron chi connectivity index (χ1n) is 3.39. The topological polar surface area (TPSA) is 26.3 Å². The molecule has 0 bridgehead atoms. The molecular formula is C8H13BrO2. The fraction of sp³-hybridized carbons (Fsp3) is 0.625. The van der Waals surface area contributed by atoms with Gasteiger partial charge in [0.05, 0.1) is 0 Å². The van der Waals surface area contributed by atoms with Crippen LogP contribution in [0.1, 0.15) is 27.7 Å². The number of hydrogen-bond donors (Lipinski definition) is 0. The first-order valence-corrected chi connectivity index (χ1v) is 4.04. The highest BCUT2D eigenvalue weighted by Gasteiger charge is 2.11. The Morgan fingerprint density at radius 2 is 1.91 bits per heavy atom. The van der Waals surface area contributed by atoms with Crippen LogP contribution in [0.4, 0.5) is 0 Å². The van der Waals surface area contributed by atoms with Gasteiger partial charge in [0.2, 0.25) is 0 Å². The summed E-state index contributed by atoms with van der Waals surface area (Å²) in [5.41, 5.74) is 0.639. The van der Waals surface area contributed by atoms with E-state index in [0.717, 1.165) is 0 Å². The first-order chi connectivity index (χ1) is 4.87. The van der Waals surface area contributed by atoms with Crippen molar-refractivity contribution in [2.45, 2.75) is 27.7 Å². The van der Waals surface area contributed by atoms with Crippen molar-refractivity contribution in [3.63, 3.8) is 0 Å². The van der Waals surface area contributed by atoms with E-state index in [0.29, 0.717) is 5.57 Å². The summed E-state index contributed by atoms with van der Waals surface area (Å²) in [6.07, 6.45) is 1.87. The van der Waals surface area contributed by atoms with Gasteiger partial charge < -0.3 is 3.83 Å². The molecule has 0 fully saturated rings. The predicted octanol–water partition coefficient (Wildman–Crippen LogP) is 2.83. The number of hydrogen-bond acceptors (Lipinski definition) is 2. The molecule has 0 N–H and O–H groups in total. The molecule has 0 aliphatic carbocycles. The molecule has 0 rings (SSSR count). The van der Waals surface area contributed by atoms with Crippen molar-refractivity contribution in [1.29, 1.82) is 0 Å². The lowest BCUT2D eigenvalue weighted by Crippen LogP contribution is -2.05. The summed E-state index contributed by atoms with van der Waals surface area (Å²) in [5, 5.41) is 0. The quantitative estimate of drug-likeness (QED) is 0.636. The summed E-state index contributed by atoms with van der Waals surface area (Å²) in [5.74, 6) is -0.333. The number of carbonyl (C=O) groups is 1. The van der Waals surface area contributed by atoms with Gasteiger partial charge in [-0.2, -0.15) is 0 Å². The minimum atomic E-state index is -0.333. The van der Waals surface area contributed by atoms with Crippen molar-refractivity contribution in [1.82, 2.24) is 0 Å². The van der Waals surface area contributed by atoms with E-state index in [1.807, 2.05) is 26.8 Å². The minimum Gasteiger partial charge on any atom is -0.380 e. The van der Waals surface area contributed by atoms with E-state index in [4.69, 9.17) is 0 Å². The van der Waals surface area contributed by atoms with Crippen molar-refractivity contribution in [3.05, 3.63) is 11.6 Å². The summed E-state index contributed by atoms with van der Waals surface area (Å²) in [7, 11) is 0. The zero-order chi connectivity index (χ0) is 9.07. The monoisotopic (exact) mass is 220 g/mol. The number of rotatable bonds is 1. The molecule has 0 atom stereocenters. The standard InChI is InChI=1S/C8H13BrO2/c1-6(7(10)11-9)5-8(2,3)4/h5H,1-4H3. The van der Waals surface area contributed by atoms with Crippen LogP contribution in [0.15, 0.2) is 11.6 Å². The molecule has 0 aliphatic heterocycles. The zero-order valence-electron chi connectivity index (χ0n) is 7.27. The molecule has 0 unspecified atom stereocenters. The van der Waals surface area contributed by atoms with Crippen LogP contribution in [0.2, 0.25) is 0 Å². The summed E-state index contributed by atoms with van der Waals surface area (Å²) in [6.45, 7) is 7.81. The summed E-state index contributed by atoms with van der Waals surface area (Å²) in [4.78, 5) is 10.9. The Bertz CT molecular complexity index is 177. The lowest BCUT2D eigenvalue weighted by atomic mass is 9.94. The first kappa shape index (κ1) is 10.7. The molecular weight excluding hydrogens is 208 g/mol. The fourth-order valence-electron chi connectivity index (χ4n) is 0.769. The van der Waals surface area contributed by atoms with Crippen LogP contribution in [-0.2, 0) is 8.62 Å². The van der Waals surface area contributed by atoms with E-state index in [9.17, 15) is 4.79 Å². The molecule has 0 saturated carbocycles. The maximum Gasteiger partial charge on any atom is 0.344 e. The van der Waals surface area contributed by atoms with Crippen LogP contribution >= 0.6 is 16.3 Å².